The van der Waals surface area contributed by atoms with Gasteiger partial charge in [-0.1, -0.05) is 118 Å². The van der Waals surface area contributed by atoms with Crippen LogP contribution in [0.1, 0.15) is 145 Å². The summed E-state index contributed by atoms with van der Waals surface area (Å²) in [6, 6.07) is 15.6. The van der Waals surface area contributed by atoms with Crippen molar-refractivity contribution in [1.29, 1.82) is 5.41 Å². The summed E-state index contributed by atoms with van der Waals surface area (Å²) in [5, 5.41) is 49.5. The highest BCUT2D eigenvalue weighted by Gasteiger charge is 2.44. The lowest BCUT2D eigenvalue weighted by Gasteiger charge is -2.36. The Balaban J connectivity index is 1.10. The van der Waals surface area contributed by atoms with Gasteiger partial charge >= 0.3 is 0 Å². The Labute approximate surface area is 792 Å². The second kappa shape index (κ2) is 51.7. The molecule has 2 aliphatic heterocycles. The van der Waals surface area contributed by atoms with Gasteiger partial charge in [0, 0.05) is 156 Å². The van der Waals surface area contributed by atoms with Crippen LogP contribution in [-0.4, -0.2) is 287 Å². The van der Waals surface area contributed by atoms with E-state index >= 15 is 43.2 Å². The first-order valence-electron chi connectivity index (χ1n) is 45.9. The molecule has 4 aromatic carbocycles. The summed E-state index contributed by atoms with van der Waals surface area (Å²) in [7, 11) is 5.36. The third-order valence-corrected chi connectivity index (χ3v) is 26.1. The minimum Gasteiger partial charge on any atom is -0.508 e. The highest BCUT2D eigenvalue weighted by atomic mass is 32.2. The summed E-state index contributed by atoms with van der Waals surface area (Å²) in [4.78, 5) is 270. The van der Waals surface area contributed by atoms with Crippen molar-refractivity contribution < 1.29 is 91.7 Å². The number of hydrogen-bond donors (Lipinski definition) is 16. The normalized spacial score (nSPS) is 23.3. The van der Waals surface area contributed by atoms with Crippen LogP contribution in [0.5, 0.6) is 5.75 Å². The summed E-state index contributed by atoms with van der Waals surface area (Å²) in [5.74, 6) is -20.7. The number of guanidine groups is 1. The molecule has 0 aliphatic carbocycles. The van der Waals surface area contributed by atoms with Crippen molar-refractivity contribution in [3.05, 3.63) is 156 Å². The van der Waals surface area contributed by atoms with E-state index in [0.717, 1.165) is 21.6 Å². The molecule has 136 heavy (non-hydrogen) atoms. The minimum atomic E-state index is -1.72. The molecular formula is C96H128N20O19S. The fraction of sp³-hybridized carbons (Fsp3) is 0.490. The molecule has 19 N–H and O–H groups in total. The lowest BCUT2D eigenvalue weighted by molar-refractivity contribution is -0.149. The Bertz CT molecular complexity index is 5380. The molecule has 13 amide bonds. The van der Waals surface area contributed by atoms with Gasteiger partial charge in [0.1, 0.15) is 47.8 Å². The van der Waals surface area contributed by atoms with E-state index in [2.05, 4.69) is 57.2 Å². The smallest absolute Gasteiger partial charge is 0.246 e. The molecule has 0 radical (unpaired) electrons. The molecule has 9 rings (SSSR count). The number of phenols is 1. The zero-order chi connectivity index (χ0) is 99.0. The Morgan fingerprint density at radius 3 is 1.71 bits per heavy atom. The predicted octanol–water partition coefficient (Wildman–Crippen LogP) is 2.13. The Kier molecular flexibility index (Phi) is 40.3. The number of likely N-dealkylation sites (N-methyl/N-ethyl adjacent to an activating group) is 4. The topological polar surface area (TPSA) is 593 Å². The number of nitrogens with zero attached hydrogens (tertiary/aromatic N) is 6. The average molecular weight is 1900 g/mol. The number of imidazole rings is 1. The highest BCUT2D eigenvalue weighted by molar-refractivity contribution is 8.00. The molecule has 0 bridgehead atoms. The second-order valence-corrected chi connectivity index (χ2v) is 36.2. The van der Waals surface area contributed by atoms with Crippen molar-refractivity contribution >= 4 is 139 Å². The number of para-hydroxylation sites is 2. The molecule has 39 nitrogen and oxygen atoms in total. The van der Waals surface area contributed by atoms with Crippen LogP contribution in [0, 0.1) is 29.1 Å². The number of unbranched alkanes of at least 4 members (excludes halogenated alkanes) is 2. The van der Waals surface area contributed by atoms with Crippen LogP contribution in [0.3, 0.4) is 0 Å². The van der Waals surface area contributed by atoms with Crippen LogP contribution in [0.15, 0.2) is 128 Å². The van der Waals surface area contributed by atoms with Crippen molar-refractivity contribution in [1.82, 2.24) is 81.7 Å². The number of primary amides is 2. The number of H-pyrrole nitrogens is 3. The number of hydrogen-bond acceptors (Lipinski definition) is 22. The average Bonchev–Trinajstić information content (AvgIpc) is 1.64. The number of ketones is 4. The number of aromatic amines is 3. The van der Waals surface area contributed by atoms with Gasteiger partial charge in [0.05, 0.1) is 62.2 Å². The van der Waals surface area contributed by atoms with E-state index in [-0.39, 0.29) is 95.2 Å². The SMILES string of the molecule is CCCC[C@H]1C(=O)N(C)[C@@H](CCCC)C(=O)C[C@@H](CCCNC(=N)N)C(=O)N[C@H](C(=O)NCC(N)=O)CSCC(=O)N[C@@H](Cc2ccccc2)C(=O)N(C)[C@@H](C)C(=O)N[C@@H](CC(N)=O)C(=O)N2CCC[C@H]2C(=O)C[C@@H](Cc2cnc[nH]2)C(=O)C[C@@H](Cc2ccc(O)cc2)C(=O)N(C)CC(=O)N[C@@H](Cc2c[nH]c3ccccc23)C(=O)C[C@@H](CO)C(=O)N[C@@H](Cc2c[nH]c3ccccc23)C(=O)N1C. The standard InChI is InChI=1S/C96H128N20O19S/c1-8-10-28-76-81(121)42-59(23-19-35-102-96(99)100)88(128)111-75(90(130)105-50-84(98)124)53-136-54-86(126)108-72(38-57-21-13-12-14-22-57)92(132)113(5)56(3)87(127)109-74(46-83(97)123)94(134)116-36-20-30-77(116)82(122)43-60(39-65-49-101-55-106-65)79(119)44-61(37-58-31-33-66(118)34-32-58)91(131)112(4)51-85(125)107-71(40-62-47-103-69-26-17-15-24-67(62)69)80(120)45-64(52-117)89(129)110-73(41-63-48-104-70-27-18-16-25-68(63)70)93(133)115(7)78(29-11-9-2)95(135)114(76)6/h12-18,21-22,24-27,31-34,47-49,55-56,59-61,64,71-78,103-104,117-118H,8-11,19-20,23,28-30,35-46,50-54H2,1-7H3,(H2,97,123)(H2,98,124)(H,101,106)(H,105,130)(H,107,125)(H,108,126)(H,109,127)(H,110,129)(H,111,128)(H4,99,100,102)/t56-,59+,60+,61+,64-,71-,72-,73-,74-,75-,76-,77-,78-/m0/s1. The number of aromatic nitrogens is 4. The van der Waals surface area contributed by atoms with Gasteiger partial charge < -0.3 is 104 Å². The van der Waals surface area contributed by atoms with Crippen LogP contribution in [0.2, 0.25) is 0 Å². The van der Waals surface area contributed by atoms with Crippen molar-refractivity contribution in [2.45, 2.75) is 204 Å². The number of thioether (sulfide) groups is 1. The molecule has 40 heteroatoms. The second-order valence-electron chi connectivity index (χ2n) is 35.1. The number of carbonyl (C=O) groups is 17. The summed E-state index contributed by atoms with van der Waals surface area (Å²) in [6.45, 7) is 2.64. The van der Waals surface area contributed by atoms with E-state index in [1.54, 1.807) is 91.3 Å². The number of nitrogens with two attached hydrogens (primary N) is 3. The number of Topliss-reactive ketones (excluding diaryl/α,β-unsaturated/α-hetero) is 4. The molecule has 13 atom stereocenters. The van der Waals surface area contributed by atoms with Gasteiger partial charge in [-0.3, -0.25) is 86.9 Å². The van der Waals surface area contributed by atoms with Crippen molar-refractivity contribution in [3.63, 3.8) is 0 Å². The van der Waals surface area contributed by atoms with E-state index in [1.165, 1.54) is 86.6 Å². The Morgan fingerprint density at radius 1 is 0.529 bits per heavy atom. The summed E-state index contributed by atoms with van der Waals surface area (Å²) < 4.78 is 0. The van der Waals surface area contributed by atoms with E-state index in [4.69, 9.17) is 22.6 Å². The van der Waals surface area contributed by atoms with Gasteiger partial charge in [0.2, 0.25) is 76.8 Å². The molecule has 0 saturated carbocycles. The zero-order valence-corrected chi connectivity index (χ0v) is 78.7. The van der Waals surface area contributed by atoms with Gasteiger partial charge in [-0.15, -0.1) is 11.8 Å². The number of nitrogens with one attached hydrogen (secondary N) is 11. The lowest BCUT2D eigenvalue weighted by Crippen LogP contribution is -2.58. The Hall–Kier alpha value is -13.7. The highest BCUT2D eigenvalue weighted by Crippen LogP contribution is 2.31. The van der Waals surface area contributed by atoms with Crippen molar-refractivity contribution in [2.75, 3.05) is 72.5 Å². The predicted molar refractivity (Wildman–Crippen MR) is 507 cm³/mol. The number of aliphatic hydroxyl groups excluding tert-OH is 1. The van der Waals surface area contributed by atoms with Crippen molar-refractivity contribution in [2.24, 2.45) is 40.9 Å². The molecule has 3 aromatic heterocycles. The minimum absolute atomic E-state index is 0.0329. The third kappa shape index (κ3) is 30.4. The van der Waals surface area contributed by atoms with E-state index in [1.807, 2.05) is 13.8 Å². The molecule has 0 unspecified atom stereocenters. The number of rotatable bonds is 26. The summed E-state index contributed by atoms with van der Waals surface area (Å²) in [6.07, 6.45) is 4.33. The number of aliphatic hydroxyl groups is 1. The number of aromatic hydroxyl groups is 1. The number of amides is 13. The largest absolute Gasteiger partial charge is 0.508 e. The monoisotopic (exact) mass is 1900 g/mol. The first-order chi connectivity index (χ1) is 65.0. The molecular weight excluding hydrogens is 1770 g/mol. The number of fused-ring (bicyclic) bond motifs is 3. The quantitative estimate of drug-likeness (QED) is 0.0210. The van der Waals surface area contributed by atoms with Gasteiger partial charge in [0.25, 0.3) is 0 Å². The molecule has 732 valence electrons. The van der Waals surface area contributed by atoms with Crippen LogP contribution >= 0.6 is 11.8 Å². The zero-order valence-electron chi connectivity index (χ0n) is 77.9. The van der Waals surface area contributed by atoms with Crippen LogP contribution in [0.25, 0.3) is 21.8 Å². The third-order valence-electron chi connectivity index (χ3n) is 25.0. The number of carbonyl (C=O) groups excluding carboxylic acids is 17. The van der Waals surface area contributed by atoms with E-state index in [9.17, 15) is 48.6 Å². The van der Waals surface area contributed by atoms with Crippen molar-refractivity contribution in [3.8, 4) is 5.75 Å². The molecule has 7 aromatic rings. The van der Waals surface area contributed by atoms with E-state index in [0.29, 0.717) is 75.4 Å². The van der Waals surface area contributed by atoms with E-state index < -0.39 is 241 Å². The molecule has 2 saturated heterocycles. The van der Waals surface area contributed by atoms with Gasteiger partial charge in [-0.2, -0.15) is 0 Å². The first kappa shape index (κ1) is 106. The van der Waals surface area contributed by atoms with Crippen LogP contribution in [0.4, 0.5) is 0 Å². The maximum absolute atomic E-state index is 15.8. The van der Waals surface area contributed by atoms with Gasteiger partial charge in [-0.25, -0.2) is 4.98 Å². The number of phenolic OH excluding ortho intramolecular Hbond substituents is 1. The maximum atomic E-state index is 15.8. The molecule has 5 heterocycles. The maximum Gasteiger partial charge on any atom is 0.246 e. The Morgan fingerprint density at radius 2 is 1.10 bits per heavy atom. The van der Waals surface area contributed by atoms with Crippen LogP contribution < -0.4 is 54.4 Å². The summed E-state index contributed by atoms with van der Waals surface area (Å²) >= 11 is 0.818. The first-order valence-corrected chi connectivity index (χ1v) is 47.1. The fourth-order valence-electron chi connectivity index (χ4n) is 17.3. The summed E-state index contributed by atoms with van der Waals surface area (Å²) in [5.41, 5.74) is 20.8. The molecule has 0 spiro atoms. The number of benzene rings is 4. The fourth-order valence-corrected chi connectivity index (χ4v) is 18.1. The van der Waals surface area contributed by atoms with Crippen LogP contribution in [-0.2, 0) is 114 Å². The van der Waals surface area contributed by atoms with Gasteiger partial charge in [-0.05, 0) is 105 Å². The lowest BCUT2D eigenvalue weighted by atomic mass is 9.84. The molecule has 2 fully saturated rings. The van der Waals surface area contributed by atoms with Gasteiger partial charge in [0.15, 0.2) is 23.3 Å². The molecule has 2 aliphatic rings.